The molecule has 5 nitrogen and oxygen atoms in total. The molecule has 1 unspecified atom stereocenters. The lowest BCUT2D eigenvalue weighted by Crippen LogP contribution is -2.50. The van der Waals surface area contributed by atoms with Crippen molar-refractivity contribution in [2.24, 2.45) is 0 Å². The molecule has 132 valence electrons. The van der Waals surface area contributed by atoms with Crippen LogP contribution in [-0.4, -0.2) is 55.0 Å². The molecule has 1 N–H and O–H groups in total. The van der Waals surface area contributed by atoms with Crippen LogP contribution in [0.25, 0.3) is 0 Å². The van der Waals surface area contributed by atoms with Gasteiger partial charge in [-0.15, -0.1) is 0 Å². The summed E-state index contributed by atoms with van der Waals surface area (Å²) in [6.07, 6.45) is 0.958. The van der Waals surface area contributed by atoms with Gasteiger partial charge in [0.15, 0.2) is 0 Å². The van der Waals surface area contributed by atoms with Crippen molar-refractivity contribution in [3.05, 3.63) is 35.9 Å². The number of morpholine rings is 1. The first-order valence-electron chi connectivity index (χ1n) is 8.80. The number of carbonyl (C=O) groups is 1. The van der Waals surface area contributed by atoms with Crippen LogP contribution in [0.1, 0.15) is 38.7 Å². The lowest BCUT2D eigenvalue weighted by atomic mass is 10.1. The maximum absolute atomic E-state index is 12.2. The highest BCUT2D eigenvalue weighted by atomic mass is 16.6. The number of rotatable bonds is 4. The third kappa shape index (κ3) is 4.71. The average Bonchev–Trinajstić information content (AvgIpc) is 3.32. The summed E-state index contributed by atoms with van der Waals surface area (Å²) in [5.41, 5.74) is 0.940. The first-order chi connectivity index (χ1) is 11.4. The second-order valence-electron chi connectivity index (χ2n) is 7.69. The van der Waals surface area contributed by atoms with Gasteiger partial charge in [0.25, 0.3) is 0 Å². The van der Waals surface area contributed by atoms with Crippen molar-refractivity contribution >= 4 is 6.09 Å². The second kappa shape index (κ2) is 7.11. The van der Waals surface area contributed by atoms with Crippen LogP contribution in [0.5, 0.6) is 0 Å². The number of ether oxygens (including phenoxy) is 2. The van der Waals surface area contributed by atoms with Crippen molar-refractivity contribution in [2.75, 3.05) is 26.2 Å². The van der Waals surface area contributed by atoms with E-state index in [2.05, 4.69) is 35.6 Å². The number of hydrogen-bond acceptors (Lipinski definition) is 4. The molecule has 3 rings (SSSR count). The Morgan fingerprint density at radius 1 is 1.33 bits per heavy atom. The average molecular weight is 332 g/mol. The van der Waals surface area contributed by atoms with Crippen molar-refractivity contribution in [2.45, 2.75) is 50.9 Å². The van der Waals surface area contributed by atoms with Crippen LogP contribution in [0.2, 0.25) is 0 Å². The quantitative estimate of drug-likeness (QED) is 0.921. The molecule has 0 spiro atoms. The minimum atomic E-state index is -0.458. The van der Waals surface area contributed by atoms with Gasteiger partial charge in [-0.05, 0) is 32.8 Å². The van der Waals surface area contributed by atoms with E-state index >= 15 is 0 Å². The van der Waals surface area contributed by atoms with Gasteiger partial charge in [0, 0.05) is 25.0 Å². The molecule has 2 aliphatic rings. The van der Waals surface area contributed by atoms with Crippen LogP contribution in [0.3, 0.4) is 0 Å². The van der Waals surface area contributed by atoms with Gasteiger partial charge in [0.2, 0.25) is 0 Å². The van der Waals surface area contributed by atoms with Crippen molar-refractivity contribution in [1.29, 1.82) is 0 Å². The van der Waals surface area contributed by atoms with E-state index in [9.17, 15) is 4.79 Å². The fourth-order valence-electron chi connectivity index (χ4n) is 3.11. The highest BCUT2D eigenvalue weighted by molar-refractivity contribution is 5.68. The lowest BCUT2D eigenvalue weighted by Gasteiger charge is -2.34. The third-order valence-corrected chi connectivity index (χ3v) is 4.42. The van der Waals surface area contributed by atoms with Crippen LogP contribution in [0.4, 0.5) is 4.79 Å². The third-order valence-electron chi connectivity index (χ3n) is 4.42. The molecular formula is C19H28N2O3. The van der Waals surface area contributed by atoms with Crippen molar-refractivity contribution in [3.8, 4) is 0 Å². The molecule has 1 aromatic rings. The number of carbonyl (C=O) groups excluding carboxylic acids is 1. The van der Waals surface area contributed by atoms with Gasteiger partial charge in [-0.1, -0.05) is 30.3 Å². The summed E-state index contributed by atoms with van der Waals surface area (Å²) in [7, 11) is 0. The summed E-state index contributed by atoms with van der Waals surface area (Å²) in [6.45, 7) is 8.20. The summed E-state index contributed by atoms with van der Waals surface area (Å²) in [5, 5.41) is 3.58. The number of benzene rings is 1. The maximum Gasteiger partial charge on any atom is 0.410 e. The van der Waals surface area contributed by atoms with Crippen LogP contribution in [-0.2, 0) is 9.47 Å². The van der Waals surface area contributed by atoms with E-state index in [0.29, 0.717) is 31.7 Å². The molecule has 1 aliphatic heterocycles. The smallest absolute Gasteiger partial charge is 0.410 e. The fourth-order valence-corrected chi connectivity index (χ4v) is 3.11. The lowest BCUT2D eigenvalue weighted by molar-refractivity contribution is -0.0411. The van der Waals surface area contributed by atoms with Crippen molar-refractivity contribution in [1.82, 2.24) is 10.2 Å². The minimum Gasteiger partial charge on any atom is -0.444 e. The number of hydrogen-bond donors (Lipinski definition) is 1. The van der Waals surface area contributed by atoms with E-state index < -0.39 is 5.60 Å². The zero-order valence-corrected chi connectivity index (χ0v) is 14.8. The molecular weight excluding hydrogens is 304 g/mol. The van der Waals surface area contributed by atoms with E-state index in [1.165, 1.54) is 12.0 Å². The minimum absolute atomic E-state index is 0.0308. The van der Waals surface area contributed by atoms with Crippen LogP contribution < -0.4 is 5.32 Å². The Morgan fingerprint density at radius 3 is 2.79 bits per heavy atom. The standard InChI is InChI=1S/C19H28N2O3/c1-19(2,3)24-18(22)21-9-10-23-15(13-21)12-20-17-11-16(17)14-7-5-4-6-8-14/h4-8,15-17,20H,9-13H2,1-3H3/t15?,16-,17+/m1/s1. The summed E-state index contributed by atoms with van der Waals surface area (Å²) < 4.78 is 11.2. The van der Waals surface area contributed by atoms with Crippen molar-refractivity contribution < 1.29 is 14.3 Å². The first-order valence-corrected chi connectivity index (χ1v) is 8.80. The Hall–Kier alpha value is -1.59. The second-order valence-corrected chi connectivity index (χ2v) is 7.69. The van der Waals surface area contributed by atoms with Gasteiger partial charge in [-0.25, -0.2) is 4.79 Å². The van der Waals surface area contributed by atoms with E-state index in [1.807, 2.05) is 20.8 Å². The van der Waals surface area contributed by atoms with Gasteiger partial charge < -0.3 is 19.7 Å². The molecule has 0 bridgehead atoms. The molecule has 2 fully saturated rings. The van der Waals surface area contributed by atoms with Gasteiger partial charge >= 0.3 is 6.09 Å². The summed E-state index contributed by atoms with van der Waals surface area (Å²) in [4.78, 5) is 13.9. The van der Waals surface area contributed by atoms with Gasteiger partial charge in [-0.2, -0.15) is 0 Å². The summed E-state index contributed by atoms with van der Waals surface area (Å²) >= 11 is 0. The molecule has 24 heavy (non-hydrogen) atoms. The first kappa shape index (κ1) is 17.2. The Kier molecular flexibility index (Phi) is 5.11. The Labute approximate surface area is 144 Å². The molecule has 0 aromatic heterocycles. The fraction of sp³-hybridized carbons (Fsp3) is 0.632. The number of amides is 1. The number of nitrogens with zero attached hydrogens (tertiary/aromatic N) is 1. The predicted molar refractivity (Wildman–Crippen MR) is 93.1 cm³/mol. The van der Waals surface area contributed by atoms with Crippen LogP contribution in [0, 0.1) is 0 Å². The molecule has 1 saturated carbocycles. The molecule has 0 radical (unpaired) electrons. The summed E-state index contributed by atoms with van der Waals surface area (Å²) in [5.74, 6) is 0.608. The van der Waals surface area contributed by atoms with Crippen LogP contribution in [0.15, 0.2) is 30.3 Å². The maximum atomic E-state index is 12.2. The van der Waals surface area contributed by atoms with E-state index in [1.54, 1.807) is 4.90 Å². The Balaban J connectivity index is 1.43. The zero-order chi connectivity index (χ0) is 17.2. The molecule has 1 saturated heterocycles. The Morgan fingerprint density at radius 2 is 2.08 bits per heavy atom. The highest BCUT2D eigenvalue weighted by Crippen LogP contribution is 2.40. The van der Waals surface area contributed by atoms with Gasteiger partial charge in [-0.3, -0.25) is 0 Å². The predicted octanol–water partition coefficient (Wildman–Crippen LogP) is 2.77. The topological polar surface area (TPSA) is 50.8 Å². The molecule has 5 heteroatoms. The number of nitrogens with one attached hydrogen (secondary N) is 1. The van der Waals surface area contributed by atoms with Gasteiger partial charge in [0.05, 0.1) is 19.3 Å². The van der Waals surface area contributed by atoms with E-state index in [4.69, 9.17) is 9.47 Å². The SMILES string of the molecule is CC(C)(C)OC(=O)N1CCOC(CN[C@H]2C[C@@H]2c2ccccc2)C1. The molecule has 1 heterocycles. The van der Waals surface area contributed by atoms with Crippen LogP contribution >= 0.6 is 0 Å². The summed E-state index contributed by atoms with van der Waals surface area (Å²) in [6, 6.07) is 11.1. The molecule has 1 amide bonds. The largest absolute Gasteiger partial charge is 0.444 e. The molecule has 1 aliphatic carbocycles. The highest BCUT2D eigenvalue weighted by Gasteiger charge is 2.38. The van der Waals surface area contributed by atoms with E-state index in [0.717, 1.165) is 6.54 Å². The van der Waals surface area contributed by atoms with E-state index in [-0.39, 0.29) is 12.2 Å². The molecule has 3 atom stereocenters. The zero-order valence-electron chi connectivity index (χ0n) is 14.8. The monoisotopic (exact) mass is 332 g/mol. The Bertz CT molecular complexity index is 555. The van der Waals surface area contributed by atoms with Gasteiger partial charge in [0.1, 0.15) is 5.60 Å². The van der Waals surface area contributed by atoms with Crippen molar-refractivity contribution in [3.63, 3.8) is 0 Å². The molecule has 1 aromatic carbocycles. The normalized spacial score (nSPS) is 27.0.